The third-order valence-electron chi connectivity index (χ3n) is 3.23. The highest BCUT2D eigenvalue weighted by Gasteiger charge is 2.30. The maximum absolute atomic E-state index is 11.8. The maximum atomic E-state index is 11.8. The number of hydrogen-bond acceptors (Lipinski definition) is 6. The molecule has 122 valence electrons. The lowest BCUT2D eigenvalue weighted by atomic mass is 9.92. The Morgan fingerprint density at radius 3 is 2.77 bits per heavy atom. The molecule has 1 aliphatic rings. The summed E-state index contributed by atoms with van der Waals surface area (Å²) in [6.45, 7) is 7.44. The highest BCUT2D eigenvalue weighted by molar-refractivity contribution is 5.89. The molecule has 7 nitrogen and oxygen atoms in total. The van der Waals surface area contributed by atoms with Gasteiger partial charge in [0.2, 0.25) is 0 Å². The zero-order valence-corrected chi connectivity index (χ0v) is 13.4. The summed E-state index contributed by atoms with van der Waals surface area (Å²) in [6.07, 6.45) is 1.34. The van der Waals surface area contributed by atoms with E-state index in [1.807, 2.05) is 20.8 Å². The summed E-state index contributed by atoms with van der Waals surface area (Å²) in [5, 5.41) is 6.62. The molecule has 1 aromatic heterocycles. The fourth-order valence-electron chi connectivity index (χ4n) is 2.36. The molecule has 1 atom stereocenters. The molecule has 0 radical (unpaired) electrons. The molecule has 1 unspecified atom stereocenters. The summed E-state index contributed by atoms with van der Waals surface area (Å²) < 4.78 is 15.4. The van der Waals surface area contributed by atoms with Crippen LogP contribution in [0.5, 0.6) is 0 Å². The van der Waals surface area contributed by atoms with Crippen molar-refractivity contribution in [2.24, 2.45) is 0 Å². The van der Waals surface area contributed by atoms with Gasteiger partial charge in [-0.2, -0.15) is 0 Å². The maximum Gasteiger partial charge on any atom is 0.407 e. The summed E-state index contributed by atoms with van der Waals surface area (Å²) >= 11 is 0. The number of aryl methyl sites for hydroxylation is 1. The molecular formula is C15H22N2O5. The van der Waals surface area contributed by atoms with Crippen molar-refractivity contribution < 1.29 is 23.6 Å². The number of nitrogens with zero attached hydrogens (tertiary/aromatic N) is 1. The first kappa shape index (κ1) is 16.3. The van der Waals surface area contributed by atoms with E-state index in [2.05, 4.69) is 10.5 Å². The van der Waals surface area contributed by atoms with Gasteiger partial charge in [0.15, 0.2) is 5.69 Å². The fraction of sp³-hybridized carbons (Fsp3) is 0.667. The number of ether oxygens (including phenoxy) is 2. The molecule has 0 bridgehead atoms. The smallest absolute Gasteiger partial charge is 0.407 e. The van der Waals surface area contributed by atoms with Gasteiger partial charge in [-0.1, -0.05) is 5.16 Å². The minimum atomic E-state index is -0.544. The average Bonchev–Trinajstić information content (AvgIpc) is 2.79. The molecule has 1 aliphatic carbocycles. The van der Waals surface area contributed by atoms with E-state index in [0.717, 1.165) is 0 Å². The van der Waals surface area contributed by atoms with Crippen LogP contribution in [0, 0.1) is 0 Å². The summed E-state index contributed by atoms with van der Waals surface area (Å²) in [5.74, 6) is 0.190. The van der Waals surface area contributed by atoms with Crippen LogP contribution in [-0.4, -0.2) is 35.5 Å². The highest BCUT2D eigenvalue weighted by Crippen LogP contribution is 2.25. The molecular weight excluding hydrogens is 288 g/mol. The van der Waals surface area contributed by atoms with Crippen LogP contribution in [0.3, 0.4) is 0 Å². The molecule has 1 amide bonds. The minimum absolute atomic E-state index is 0.116. The van der Waals surface area contributed by atoms with Crippen LogP contribution in [-0.2, 0) is 22.3 Å². The third kappa shape index (κ3) is 3.99. The van der Waals surface area contributed by atoms with Gasteiger partial charge in [0.25, 0.3) is 0 Å². The number of hydrogen-bond donors (Lipinski definition) is 1. The van der Waals surface area contributed by atoms with Gasteiger partial charge in [0.05, 0.1) is 6.61 Å². The number of aromatic nitrogens is 1. The quantitative estimate of drug-likeness (QED) is 0.861. The standard InChI is InChI=1S/C15H22N2O5/c1-5-20-13(18)12-10-8-9(6-7-11(10)22-17-12)16-14(19)21-15(2,3)4/h9H,5-8H2,1-4H3,(H,16,19). The first-order valence-corrected chi connectivity index (χ1v) is 7.44. The van der Waals surface area contributed by atoms with Crippen molar-refractivity contribution in [1.82, 2.24) is 10.5 Å². The van der Waals surface area contributed by atoms with Gasteiger partial charge in [-0.05, 0) is 40.5 Å². The van der Waals surface area contributed by atoms with Crippen molar-refractivity contribution in [3.63, 3.8) is 0 Å². The summed E-state index contributed by atoms with van der Waals surface area (Å²) in [4.78, 5) is 23.7. The number of carbonyl (C=O) groups excluding carboxylic acids is 2. The molecule has 0 aliphatic heterocycles. The predicted octanol–water partition coefficient (Wildman–Crippen LogP) is 2.23. The number of esters is 1. The molecule has 1 heterocycles. The number of fused-ring (bicyclic) bond motifs is 1. The number of alkyl carbamates (subject to hydrolysis) is 1. The van der Waals surface area contributed by atoms with Gasteiger partial charge in [0, 0.05) is 18.0 Å². The van der Waals surface area contributed by atoms with E-state index >= 15 is 0 Å². The molecule has 0 saturated carbocycles. The van der Waals surface area contributed by atoms with Crippen LogP contribution in [0.1, 0.15) is 55.9 Å². The second-order valence-electron chi connectivity index (χ2n) is 6.24. The van der Waals surface area contributed by atoms with Crippen molar-refractivity contribution >= 4 is 12.1 Å². The molecule has 0 saturated heterocycles. The molecule has 1 N–H and O–H groups in total. The van der Waals surface area contributed by atoms with Gasteiger partial charge in [-0.3, -0.25) is 0 Å². The highest BCUT2D eigenvalue weighted by atomic mass is 16.6. The topological polar surface area (TPSA) is 90.7 Å². The Morgan fingerprint density at radius 1 is 1.41 bits per heavy atom. The van der Waals surface area contributed by atoms with Gasteiger partial charge >= 0.3 is 12.1 Å². The Hall–Kier alpha value is -2.05. The third-order valence-corrected chi connectivity index (χ3v) is 3.23. The normalized spacial score (nSPS) is 17.5. The Kier molecular flexibility index (Phi) is 4.73. The van der Waals surface area contributed by atoms with E-state index in [1.54, 1.807) is 6.92 Å². The Morgan fingerprint density at radius 2 is 2.14 bits per heavy atom. The van der Waals surface area contributed by atoms with Crippen LogP contribution in [0.4, 0.5) is 4.79 Å². The summed E-state index contributed by atoms with van der Waals surface area (Å²) in [5.41, 5.74) is 0.371. The second kappa shape index (κ2) is 6.37. The van der Waals surface area contributed by atoms with Crippen LogP contribution in [0.2, 0.25) is 0 Å². The average molecular weight is 310 g/mol. The number of carbonyl (C=O) groups is 2. The minimum Gasteiger partial charge on any atom is -0.461 e. The Balaban J connectivity index is 2.03. The summed E-state index contributed by atoms with van der Waals surface area (Å²) in [6, 6.07) is -0.116. The van der Waals surface area contributed by atoms with Gasteiger partial charge in [-0.25, -0.2) is 9.59 Å². The Bertz CT molecular complexity index is 559. The second-order valence-corrected chi connectivity index (χ2v) is 6.24. The largest absolute Gasteiger partial charge is 0.461 e. The molecule has 2 rings (SSSR count). The van der Waals surface area contributed by atoms with E-state index in [1.165, 1.54) is 0 Å². The molecule has 0 fully saturated rings. The van der Waals surface area contributed by atoms with Crippen LogP contribution >= 0.6 is 0 Å². The molecule has 22 heavy (non-hydrogen) atoms. The zero-order chi connectivity index (χ0) is 16.3. The summed E-state index contributed by atoms with van der Waals surface area (Å²) in [7, 11) is 0. The van der Waals surface area contributed by atoms with Gasteiger partial charge < -0.3 is 19.3 Å². The van der Waals surface area contributed by atoms with E-state index in [4.69, 9.17) is 14.0 Å². The van der Waals surface area contributed by atoms with Crippen molar-refractivity contribution in [3.8, 4) is 0 Å². The fourth-order valence-corrected chi connectivity index (χ4v) is 2.36. The first-order chi connectivity index (χ1) is 10.3. The lowest BCUT2D eigenvalue weighted by molar-refractivity contribution is 0.0497. The van der Waals surface area contributed by atoms with Crippen molar-refractivity contribution in [3.05, 3.63) is 17.0 Å². The zero-order valence-electron chi connectivity index (χ0n) is 13.4. The molecule has 7 heteroatoms. The van der Waals surface area contributed by atoms with Gasteiger partial charge in [0.1, 0.15) is 11.4 Å². The lowest BCUT2D eigenvalue weighted by Gasteiger charge is -2.25. The van der Waals surface area contributed by atoms with Crippen molar-refractivity contribution in [1.29, 1.82) is 0 Å². The number of rotatable bonds is 3. The number of nitrogens with one attached hydrogen (secondary N) is 1. The Labute approximate surface area is 129 Å². The van der Waals surface area contributed by atoms with Crippen molar-refractivity contribution in [2.75, 3.05) is 6.61 Å². The lowest BCUT2D eigenvalue weighted by Crippen LogP contribution is -2.42. The van der Waals surface area contributed by atoms with E-state index in [-0.39, 0.29) is 18.3 Å². The van der Waals surface area contributed by atoms with E-state index < -0.39 is 17.7 Å². The molecule has 0 aromatic carbocycles. The van der Waals surface area contributed by atoms with E-state index in [9.17, 15) is 9.59 Å². The number of amides is 1. The predicted molar refractivity (Wildman–Crippen MR) is 77.6 cm³/mol. The van der Waals surface area contributed by atoms with Gasteiger partial charge in [-0.15, -0.1) is 0 Å². The molecule has 1 aromatic rings. The monoisotopic (exact) mass is 310 g/mol. The first-order valence-electron chi connectivity index (χ1n) is 7.44. The van der Waals surface area contributed by atoms with Crippen LogP contribution in [0.15, 0.2) is 4.52 Å². The molecule has 0 spiro atoms. The SMILES string of the molecule is CCOC(=O)c1noc2c1CC(NC(=O)OC(C)(C)C)CC2. The van der Waals surface area contributed by atoms with Crippen molar-refractivity contribution in [2.45, 2.75) is 58.6 Å². The van der Waals surface area contributed by atoms with Crippen LogP contribution < -0.4 is 5.32 Å². The van der Waals surface area contributed by atoms with E-state index in [0.29, 0.717) is 30.6 Å². The van der Waals surface area contributed by atoms with Crippen LogP contribution in [0.25, 0.3) is 0 Å².